The largest absolute Gasteiger partial charge is 0.491 e. The molecule has 3 aromatic heterocycles. The van der Waals surface area contributed by atoms with E-state index in [1.807, 2.05) is 43.1 Å². The topological polar surface area (TPSA) is 127 Å². The Bertz CT molecular complexity index is 2030. The Kier molecular flexibility index (Phi) is 10.2. The second-order valence-electron chi connectivity index (χ2n) is 13.1. The van der Waals surface area contributed by atoms with Gasteiger partial charge in [-0.1, -0.05) is 11.6 Å². The fourth-order valence-corrected chi connectivity index (χ4v) is 8.83. The van der Waals surface area contributed by atoms with Gasteiger partial charge in [-0.2, -0.15) is 0 Å². The number of nitrogens with one attached hydrogen (secondary N) is 1. The molecule has 11 nitrogen and oxygen atoms in total. The Morgan fingerprint density at radius 1 is 1.22 bits per heavy atom. The number of carbonyl (C=O) groups excluding carboxylic acids is 1. The van der Waals surface area contributed by atoms with E-state index >= 15 is 0 Å². The Hall–Kier alpha value is -3.78. The summed E-state index contributed by atoms with van der Waals surface area (Å²) in [6.07, 6.45) is 7.65. The van der Waals surface area contributed by atoms with Crippen molar-refractivity contribution in [1.29, 1.82) is 0 Å². The van der Waals surface area contributed by atoms with Gasteiger partial charge in [-0.05, 0) is 82.5 Å². The molecule has 2 aliphatic rings. The fourth-order valence-electron chi connectivity index (χ4n) is 6.98. The van der Waals surface area contributed by atoms with Crippen LogP contribution >= 0.6 is 22.9 Å². The number of hydrogen-bond donors (Lipinski definition) is 1. The number of pyridine rings is 1. The number of benzene rings is 1. The molecule has 14 heteroatoms. The van der Waals surface area contributed by atoms with Gasteiger partial charge >= 0.3 is 0 Å². The molecule has 1 amide bonds. The molecule has 6 rings (SSSR count). The second kappa shape index (κ2) is 14.2. The summed E-state index contributed by atoms with van der Waals surface area (Å²) in [6, 6.07) is 9.81. The average molecular weight is 725 g/mol. The number of carbonyl (C=O) groups is 1. The van der Waals surface area contributed by atoms with Crippen LogP contribution in [0.1, 0.15) is 69.1 Å². The number of thiophene rings is 1. The van der Waals surface area contributed by atoms with Crippen LogP contribution < -0.4 is 19.9 Å². The highest BCUT2D eigenvalue weighted by atomic mass is 35.5. The van der Waals surface area contributed by atoms with Crippen molar-refractivity contribution in [3.63, 3.8) is 0 Å². The van der Waals surface area contributed by atoms with Crippen LogP contribution in [0.15, 0.2) is 52.9 Å². The smallest absolute Gasteiger partial charge is 0.267 e. The third kappa shape index (κ3) is 7.54. The maximum absolute atomic E-state index is 13.9. The number of halogens is 1. The zero-order chi connectivity index (χ0) is 35.0. The van der Waals surface area contributed by atoms with E-state index in [4.69, 9.17) is 21.3 Å². The summed E-state index contributed by atoms with van der Waals surface area (Å²) < 4.78 is 33.9. The second-order valence-corrected chi connectivity index (χ2v) is 16.1. The van der Waals surface area contributed by atoms with E-state index in [2.05, 4.69) is 28.6 Å². The van der Waals surface area contributed by atoms with Gasteiger partial charge < -0.3 is 9.64 Å². The highest BCUT2D eigenvalue weighted by molar-refractivity contribution is 7.89. The number of rotatable bonds is 10. The maximum atomic E-state index is 13.9. The molecule has 4 heterocycles. The lowest BCUT2D eigenvalue weighted by atomic mass is 9.85. The minimum atomic E-state index is -3.73. The molecule has 4 aromatic rings. The van der Waals surface area contributed by atoms with Crippen LogP contribution in [0.4, 0.5) is 5.69 Å². The van der Waals surface area contributed by atoms with E-state index < -0.39 is 15.9 Å². The molecule has 0 saturated carbocycles. The third-order valence-electron chi connectivity index (χ3n) is 9.64. The summed E-state index contributed by atoms with van der Waals surface area (Å²) in [5, 5.41) is 2.26. The van der Waals surface area contributed by atoms with E-state index in [0.717, 1.165) is 53.8 Å². The number of likely N-dealkylation sites (N-methyl/N-ethyl adjacent to an activating group) is 1. The first kappa shape index (κ1) is 35.1. The van der Waals surface area contributed by atoms with Gasteiger partial charge in [0, 0.05) is 70.4 Å². The van der Waals surface area contributed by atoms with Gasteiger partial charge in [0.15, 0.2) is 0 Å². The number of anilines is 1. The van der Waals surface area contributed by atoms with Gasteiger partial charge in [0.05, 0.1) is 29.7 Å². The van der Waals surface area contributed by atoms with Gasteiger partial charge in [-0.3, -0.25) is 24.0 Å². The van der Waals surface area contributed by atoms with Crippen LogP contribution in [0.25, 0.3) is 0 Å². The molecule has 1 aliphatic carbocycles. The molecule has 3 unspecified atom stereocenters. The Balaban J connectivity index is 1.21. The number of ether oxygens (including phenoxy) is 1. The number of fused-ring (bicyclic) bond motifs is 2. The molecule has 1 N–H and O–H groups in total. The zero-order valence-corrected chi connectivity index (χ0v) is 30.7. The van der Waals surface area contributed by atoms with Gasteiger partial charge in [0.1, 0.15) is 18.2 Å². The first-order valence-electron chi connectivity index (χ1n) is 16.3. The van der Waals surface area contributed by atoms with E-state index in [-0.39, 0.29) is 30.2 Å². The lowest BCUT2D eigenvalue weighted by Gasteiger charge is -2.37. The lowest BCUT2D eigenvalue weighted by Crippen LogP contribution is -2.41. The van der Waals surface area contributed by atoms with Crippen LogP contribution in [0.5, 0.6) is 5.75 Å². The summed E-state index contributed by atoms with van der Waals surface area (Å²) in [6.45, 7) is 5.28. The summed E-state index contributed by atoms with van der Waals surface area (Å²) in [5.41, 5.74) is 4.72. The first-order valence-corrected chi connectivity index (χ1v) is 19.4. The van der Waals surface area contributed by atoms with Crippen molar-refractivity contribution in [2.75, 3.05) is 31.9 Å². The maximum Gasteiger partial charge on any atom is 0.267 e. The minimum absolute atomic E-state index is 0.0169. The van der Waals surface area contributed by atoms with Gasteiger partial charge in [0.25, 0.3) is 11.5 Å². The van der Waals surface area contributed by atoms with Gasteiger partial charge in [-0.15, -0.1) is 11.3 Å². The van der Waals surface area contributed by atoms with E-state index in [1.54, 1.807) is 28.4 Å². The lowest BCUT2D eigenvalue weighted by molar-refractivity contribution is 0.0982. The van der Waals surface area contributed by atoms with E-state index in [9.17, 15) is 18.0 Å². The Morgan fingerprint density at radius 2 is 1.98 bits per heavy atom. The fraction of sp³-hybridized carbons (Fsp3) is 0.429. The average Bonchev–Trinajstić information content (AvgIpc) is 3.50. The molecule has 0 bridgehead atoms. The number of nitrogens with zero attached hydrogens (tertiary/aromatic N) is 5. The molecule has 0 radical (unpaired) electrons. The summed E-state index contributed by atoms with van der Waals surface area (Å²) in [7, 11) is 0.278. The molecular weight excluding hydrogens is 684 g/mol. The molecule has 3 atom stereocenters. The van der Waals surface area contributed by atoms with Crippen LogP contribution in [0.3, 0.4) is 0 Å². The molecule has 0 spiro atoms. The number of aromatic nitrogens is 3. The summed E-state index contributed by atoms with van der Waals surface area (Å²) in [4.78, 5) is 41.0. The Morgan fingerprint density at radius 3 is 2.71 bits per heavy atom. The van der Waals surface area contributed by atoms with Gasteiger partial charge in [0.2, 0.25) is 10.0 Å². The van der Waals surface area contributed by atoms with Crippen molar-refractivity contribution in [1.82, 2.24) is 24.2 Å². The van der Waals surface area contributed by atoms with Crippen molar-refractivity contribution < 1.29 is 17.9 Å². The van der Waals surface area contributed by atoms with Crippen molar-refractivity contribution in [2.45, 2.75) is 70.6 Å². The van der Waals surface area contributed by atoms with Crippen LogP contribution in [-0.2, 0) is 36.0 Å². The monoisotopic (exact) mass is 724 g/mol. The van der Waals surface area contributed by atoms with E-state index in [1.165, 1.54) is 16.9 Å². The summed E-state index contributed by atoms with van der Waals surface area (Å²) >= 11 is 7.94. The normalized spacial score (nSPS) is 19.0. The number of hydrogen-bond acceptors (Lipinski definition) is 10. The number of sulfonamides is 1. The van der Waals surface area contributed by atoms with Crippen molar-refractivity contribution in [3.8, 4) is 5.75 Å². The highest BCUT2D eigenvalue weighted by Crippen LogP contribution is 2.49. The van der Waals surface area contributed by atoms with E-state index in [0.29, 0.717) is 40.8 Å². The third-order valence-corrected chi connectivity index (χ3v) is 11.5. The molecule has 0 fully saturated rings. The van der Waals surface area contributed by atoms with Crippen LogP contribution in [0.2, 0.25) is 5.02 Å². The first-order chi connectivity index (χ1) is 23.3. The minimum Gasteiger partial charge on any atom is -0.491 e. The molecule has 0 saturated heterocycles. The van der Waals surface area contributed by atoms with Crippen molar-refractivity contribution in [3.05, 3.63) is 102 Å². The SMILES string of the molecule is Cc1nc2c(c(=O)n1CCOc1ccc(Cl)cc1C1CC(C)N(C)c3c(C(=O)NS(C)(=O)=O)csc31)CC(N(C)Cc1ccncc1)CC2. The number of amides is 1. The van der Waals surface area contributed by atoms with Crippen molar-refractivity contribution >= 4 is 44.6 Å². The summed E-state index contributed by atoms with van der Waals surface area (Å²) in [5.74, 6) is 0.505. The predicted molar refractivity (Wildman–Crippen MR) is 193 cm³/mol. The number of aryl methyl sites for hydroxylation is 2. The van der Waals surface area contributed by atoms with Crippen LogP contribution in [-0.4, -0.2) is 72.8 Å². The highest BCUT2D eigenvalue weighted by Gasteiger charge is 2.36. The van der Waals surface area contributed by atoms with Crippen LogP contribution in [0, 0.1) is 6.92 Å². The van der Waals surface area contributed by atoms with Crippen molar-refractivity contribution in [2.24, 2.45) is 0 Å². The molecule has 1 aliphatic heterocycles. The Labute approximate surface area is 296 Å². The molecular formula is C35H41ClN6O5S2. The standard InChI is InChI=1S/C35H41ClN6O5S2/c1-21-16-27(33-32(41(21)4)29(20-48-33)34(43)39-49(5,45)46)26-17-24(36)6-9-31(26)47-15-14-42-22(2)38-30-8-7-25(18-28(30)35(42)44)40(3)19-23-10-12-37-13-11-23/h6,9-13,17,20-21,25,27H,7-8,14-16,18-19H2,1-5H3,(H,39,43). The predicted octanol–water partition coefficient (Wildman–Crippen LogP) is 4.78. The van der Waals surface area contributed by atoms with Gasteiger partial charge in [-0.25, -0.2) is 18.1 Å². The quantitative estimate of drug-likeness (QED) is 0.246. The molecule has 49 heavy (non-hydrogen) atoms. The molecule has 1 aromatic carbocycles. The zero-order valence-electron chi connectivity index (χ0n) is 28.3. The molecule has 260 valence electrons.